The molecule has 2 fully saturated rings. The first-order valence-corrected chi connectivity index (χ1v) is 11.9. The molecule has 32 heavy (non-hydrogen) atoms. The Balaban J connectivity index is 1.53. The van der Waals surface area contributed by atoms with E-state index in [-0.39, 0.29) is 18.6 Å². The van der Waals surface area contributed by atoms with E-state index >= 15 is 0 Å². The van der Waals surface area contributed by atoms with Crippen LogP contribution in [-0.2, 0) is 20.7 Å². The van der Waals surface area contributed by atoms with Gasteiger partial charge in [0.05, 0.1) is 22.8 Å². The highest BCUT2D eigenvalue weighted by Gasteiger charge is 2.48. The van der Waals surface area contributed by atoms with Gasteiger partial charge in [-0.3, -0.25) is 4.79 Å². The summed E-state index contributed by atoms with van der Waals surface area (Å²) in [5.74, 6) is -1.14. The first kappa shape index (κ1) is 22.8. The quantitative estimate of drug-likeness (QED) is 0.682. The summed E-state index contributed by atoms with van der Waals surface area (Å²) in [6, 6.07) is 19.3. The van der Waals surface area contributed by atoms with E-state index in [0.29, 0.717) is 32.5 Å². The third-order valence-corrected chi connectivity index (χ3v) is 7.88. The molecule has 6 nitrogen and oxygen atoms in total. The maximum Gasteiger partial charge on any atom is 0.416 e. The fourth-order valence-electron chi connectivity index (χ4n) is 4.48. The third kappa shape index (κ3) is 4.85. The van der Waals surface area contributed by atoms with Crippen molar-refractivity contribution < 1.29 is 24.2 Å². The van der Waals surface area contributed by atoms with Gasteiger partial charge in [-0.05, 0) is 37.0 Å². The Labute approximate surface area is 192 Å². The van der Waals surface area contributed by atoms with E-state index in [1.165, 1.54) is 4.90 Å². The third-order valence-electron chi connectivity index (χ3n) is 6.32. The molecule has 2 aliphatic rings. The molecule has 0 spiro atoms. The summed E-state index contributed by atoms with van der Waals surface area (Å²) in [6.07, 6.45) is 0.215. The van der Waals surface area contributed by atoms with Gasteiger partial charge in [0.2, 0.25) is 5.91 Å². The lowest BCUT2D eigenvalue weighted by Crippen LogP contribution is -2.53. The van der Waals surface area contributed by atoms with Gasteiger partial charge in [0.1, 0.15) is 6.61 Å². The van der Waals surface area contributed by atoms with Gasteiger partial charge in [-0.1, -0.05) is 55.5 Å². The van der Waals surface area contributed by atoms with Crippen molar-refractivity contribution in [2.24, 2.45) is 5.92 Å². The molecule has 2 aromatic carbocycles. The Morgan fingerprint density at radius 3 is 2.41 bits per heavy atom. The van der Waals surface area contributed by atoms with Gasteiger partial charge < -0.3 is 14.6 Å². The van der Waals surface area contributed by atoms with Gasteiger partial charge in [-0.15, -0.1) is 11.8 Å². The summed E-state index contributed by atoms with van der Waals surface area (Å²) in [5.41, 5.74) is 1.03. The number of hydrogen-bond acceptors (Lipinski definition) is 6. The van der Waals surface area contributed by atoms with Crippen molar-refractivity contribution in [1.82, 2.24) is 4.90 Å². The first-order chi connectivity index (χ1) is 15.5. The minimum Gasteiger partial charge on any atom is -0.447 e. The summed E-state index contributed by atoms with van der Waals surface area (Å²) < 4.78 is 10.2. The lowest BCUT2D eigenvalue weighted by Gasteiger charge is -2.42. The number of thioether (sulfide) groups is 1. The minimum absolute atomic E-state index is 0.167. The average molecular weight is 456 g/mol. The molecule has 0 bridgehead atoms. The zero-order valence-electron chi connectivity index (χ0n) is 18.2. The highest BCUT2D eigenvalue weighted by Crippen LogP contribution is 2.45. The number of ether oxygens (including phenoxy) is 2. The van der Waals surface area contributed by atoms with Gasteiger partial charge in [0.15, 0.2) is 0 Å². The maximum atomic E-state index is 13.5. The molecule has 3 atom stereocenters. The Hall–Kier alpha value is -2.35. The van der Waals surface area contributed by atoms with E-state index in [2.05, 4.69) is 0 Å². The van der Waals surface area contributed by atoms with Crippen LogP contribution in [0, 0.1) is 5.92 Å². The number of hydrogen-bond donors (Lipinski definition) is 1. The lowest BCUT2D eigenvalue weighted by atomic mass is 9.84. The normalized spacial score (nSPS) is 22.2. The van der Waals surface area contributed by atoms with Crippen molar-refractivity contribution in [3.05, 3.63) is 66.2 Å². The Morgan fingerprint density at radius 2 is 1.75 bits per heavy atom. The molecule has 0 radical (unpaired) electrons. The second-order valence-corrected chi connectivity index (χ2v) is 9.94. The molecule has 2 amide bonds. The van der Waals surface area contributed by atoms with Crippen molar-refractivity contribution in [3.63, 3.8) is 0 Å². The van der Waals surface area contributed by atoms with Crippen molar-refractivity contribution in [2.45, 2.75) is 48.0 Å². The van der Waals surface area contributed by atoms with E-state index in [0.717, 1.165) is 10.5 Å². The van der Waals surface area contributed by atoms with Crippen LogP contribution in [0.5, 0.6) is 0 Å². The lowest BCUT2D eigenvalue weighted by molar-refractivity contribution is -0.138. The van der Waals surface area contributed by atoms with Crippen molar-refractivity contribution in [1.29, 1.82) is 0 Å². The maximum absolute atomic E-state index is 13.5. The fraction of sp³-hybridized carbons (Fsp3) is 0.440. The second kappa shape index (κ2) is 10.1. The van der Waals surface area contributed by atoms with E-state index in [9.17, 15) is 14.7 Å². The molecular formula is C25H29NO5S. The number of carbonyl (C=O) groups excluding carboxylic acids is 2. The zero-order chi connectivity index (χ0) is 22.6. The van der Waals surface area contributed by atoms with E-state index in [4.69, 9.17) is 9.47 Å². The topological polar surface area (TPSA) is 76.1 Å². The molecule has 4 rings (SSSR count). The number of nitrogens with zero attached hydrogens (tertiary/aromatic N) is 1. The van der Waals surface area contributed by atoms with E-state index < -0.39 is 22.9 Å². The molecule has 7 heteroatoms. The Kier molecular flexibility index (Phi) is 7.18. The molecule has 170 valence electrons. The van der Waals surface area contributed by atoms with Gasteiger partial charge in [-0.25, -0.2) is 9.69 Å². The molecule has 0 unspecified atom stereocenters. The molecule has 0 aliphatic carbocycles. The Morgan fingerprint density at radius 1 is 1.12 bits per heavy atom. The highest BCUT2D eigenvalue weighted by atomic mass is 32.2. The van der Waals surface area contributed by atoms with Crippen LogP contribution in [0.15, 0.2) is 65.6 Å². The summed E-state index contributed by atoms with van der Waals surface area (Å²) in [5, 5.41) is 11.5. The van der Waals surface area contributed by atoms with Crippen LogP contribution in [0.25, 0.3) is 0 Å². The van der Waals surface area contributed by atoms with Crippen LogP contribution in [0.1, 0.15) is 25.3 Å². The van der Waals surface area contributed by atoms with Crippen molar-refractivity contribution in [3.8, 4) is 0 Å². The van der Waals surface area contributed by atoms with E-state index in [1.54, 1.807) is 18.7 Å². The molecule has 1 N–H and O–H groups in total. The fourth-order valence-corrected chi connectivity index (χ4v) is 5.93. The van der Waals surface area contributed by atoms with Crippen LogP contribution < -0.4 is 0 Å². The van der Waals surface area contributed by atoms with Crippen LogP contribution in [-0.4, -0.2) is 58.7 Å². The minimum atomic E-state index is -0.935. The number of aliphatic hydroxyl groups excluding tert-OH is 1. The summed E-state index contributed by atoms with van der Waals surface area (Å²) in [6.45, 7) is 2.93. The highest BCUT2D eigenvalue weighted by molar-refractivity contribution is 8.00. The van der Waals surface area contributed by atoms with Gasteiger partial charge in [-0.2, -0.15) is 0 Å². The SMILES string of the molecule is C[C@@H](C(=O)N1C(=O)OC[C@@H]1Cc1ccccc1)[C@H](O)C1(Sc2ccccc2)CCOCC1. The van der Waals surface area contributed by atoms with Gasteiger partial charge in [0.25, 0.3) is 0 Å². The molecule has 0 aromatic heterocycles. The van der Waals surface area contributed by atoms with Gasteiger partial charge in [0, 0.05) is 18.1 Å². The first-order valence-electron chi connectivity index (χ1n) is 11.0. The van der Waals surface area contributed by atoms with Gasteiger partial charge >= 0.3 is 6.09 Å². The zero-order valence-corrected chi connectivity index (χ0v) is 19.0. The average Bonchev–Trinajstić information content (AvgIpc) is 3.19. The number of carbonyl (C=O) groups is 2. The number of amides is 2. The summed E-state index contributed by atoms with van der Waals surface area (Å²) >= 11 is 1.60. The number of benzene rings is 2. The number of aliphatic hydroxyl groups is 1. The molecule has 2 aliphatic heterocycles. The van der Waals surface area contributed by atoms with E-state index in [1.807, 2.05) is 60.7 Å². The summed E-state index contributed by atoms with van der Waals surface area (Å²) in [7, 11) is 0. The number of rotatable bonds is 7. The second-order valence-electron chi connectivity index (χ2n) is 8.45. The predicted octanol–water partition coefficient (Wildman–Crippen LogP) is 3.92. The predicted molar refractivity (Wildman–Crippen MR) is 122 cm³/mol. The van der Waals surface area contributed by atoms with Crippen molar-refractivity contribution >= 4 is 23.8 Å². The standard InChI is InChI=1S/C25H29NO5S/c1-18(22(27)25(12-14-30-15-13-25)32-21-10-6-3-7-11-21)23(28)26-20(17-31-24(26)29)16-19-8-4-2-5-9-19/h2-11,18,20,22,27H,12-17H2,1H3/t18-,20+,22+/m1/s1. The van der Waals surface area contributed by atoms with Crippen LogP contribution >= 0.6 is 11.8 Å². The van der Waals surface area contributed by atoms with Crippen LogP contribution in [0.4, 0.5) is 4.79 Å². The molecule has 2 aromatic rings. The Bertz CT molecular complexity index is 916. The molecule has 2 saturated heterocycles. The number of imide groups is 1. The molecular weight excluding hydrogens is 426 g/mol. The largest absolute Gasteiger partial charge is 0.447 e. The molecule has 2 heterocycles. The summed E-state index contributed by atoms with van der Waals surface area (Å²) in [4.78, 5) is 28.2. The van der Waals surface area contributed by atoms with Crippen LogP contribution in [0.2, 0.25) is 0 Å². The smallest absolute Gasteiger partial charge is 0.416 e. The van der Waals surface area contributed by atoms with Crippen LogP contribution in [0.3, 0.4) is 0 Å². The monoisotopic (exact) mass is 455 g/mol. The van der Waals surface area contributed by atoms with Crippen molar-refractivity contribution in [2.75, 3.05) is 19.8 Å². The molecule has 0 saturated carbocycles. The number of cyclic esters (lactones) is 1.